The van der Waals surface area contributed by atoms with Crippen LogP contribution in [0.1, 0.15) is 13.3 Å². The summed E-state index contributed by atoms with van der Waals surface area (Å²) in [5.74, 6) is -2.59. The average molecular weight is 395 g/mol. The van der Waals surface area contributed by atoms with E-state index in [1.54, 1.807) is 0 Å². The molecule has 11 nitrogen and oxygen atoms in total. The molecule has 158 valence electrons. The van der Waals surface area contributed by atoms with Crippen molar-refractivity contribution in [2.75, 3.05) is 59.4 Å². The molecule has 0 aliphatic heterocycles. The van der Waals surface area contributed by atoms with Crippen molar-refractivity contribution in [1.82, 2.24) is 5.32 Å². The number of aliphatic hydroxyl groups excluding tert-OH is 2. The minimum Gasteiger partial charge on any atom is -0.479 e. The van der Waals surface area contributed by atoms with Gasteiger partial charge in [-0.05, 0) is 6.92 Å². The van der Waals surface area contributed by atoms with E-state index in [9.17, 15) is 19.5 Å². The fraction of sp³-hybridized carbons (Fsp3) is 0.812. The average Bonchev–Trinajstić information content (AvgIpc) is 2.62. The van der Waals surface area contributed by atoms with E-state index in [0.717, 1.165) is 0 Å². The largest absolute Gasteiger partial charge is 0.479 e. The Morgan fingerprint density at radius 3 is 1.67 bits per heavy atom. The molecule has 0 aliphatic rings. The van der Waals surface area contributed by atoms with E-state index in [2.05, 4.69) is 5.32 Å². The molecule has 11 heteroatoms. The first-order valence-corrected chi connectivity index (χ1v) is 8.53. The van der Waals surface area contributed by atoms with Crippen LogP contribution in [-0.4, -0.2) is 105 Å². The van der Waals surface area contributed by atoms with Gasteiger partial charge in [-0.25, -0.2) is 4.79 Å². The van der Waals surface area contributed by atoms with Crippen molar-refractivity contribution < 1.29 is 48.7 Å². The molecule has 4 N–H and O–H groups in total. The van der Waals surface area contributed by atoms with E-state index in [-0.39, 0.29) is 25.5 Å². The Bertz CT molecular complexity index is 431. The Morgan fingerprint density at radius 2 is 1.22 bits per heavy atom. The number of carbonyl (C=O) groups is 3. The number of aliphatic hydroxyl groups is 2. The summed E-state index contributed by atoms with van der Waals surface area (Å²) in [6.45, 7) is 4.31. The summed E-state index contributed by atoms with van der Waals surface area (Å²) < 4.78 is 20.9. The monoisotopic (exact) mass is 395 g/mol. The van der Waals surface area contributed by atoms with Crippen LogP contribution in [0.2, 0.25) is 0 Å². The molecule has 0 rings (SSSR count). The number of ketones is 1. The van der Waals surface area contributed by atoms with E-state index < -0.39 is 24.1 Å². The Balaban J connectivity index is 3.33. The molecule has 0 aromatic rings. The van der Waals surface area contributed by atoms with Crippen LogP contribution in [0.25, 0.3) is 0 Å². The molecular weight excluding hydrogens is 366 g/mol. The lowest BCUT2D eigenvalue weighted by molar-refractivity contribution is -0.158. The molecule has 1 amide bonds. The molecule has 0 aromatic heterocycles. The topological polar surface area (TPSA) is 161 Å². The number of rotatable bonds is 18. The highest BCUT2D eigenvalue weighted by Gasteiger charge is 2.29. The lowest BCUT2D eigenvalue weighted by atomic mass is 10.2. The first kappa shape index (κ1) is 25.4. The Kier molecular flexibility index (Phi) is 15.5. The molecule has 0 spiro atoms. The molecule has 0 bridgehead atoms. The maximum absolute atomic E-state index is 11.3. The second-order valence-electron chi connectivity index (χ2n) is 5.42. The van der Waals surface area contributed by atoms with Crippen molar-refractivity contribution in [3.05, 3.63) is 0 Å². The SMILES string of the molecule is CC(=O)CCOCCOCCOCCOCCNC(=O)C(O)C(O)C(=O)O. The van der Waals surface area contributed by atoms with Crippen LogP contribution in [-0.2, 0) is 33.3 Å². The highest BCUT2D eigenvalue weighted by atomic mass is 16.6. The number of carbonyl (C=O) groups excluding carboxylic acids is 2. The van der Waals surface area contributed by atoms with Crippen LogP contribution >= 0.6 is 0 Å². The quantitative estimate of drug-likeness (QED) is 0.190. The molecule has 0 saturated carbocycles. The first-order chi connectivity index (χ1) is 12.9. The summed E-state index contributed by atoms with van der Waals surface area (Å²) in [5, 5.41) is 29.0. The number of aliphatic carboxylic acids is 1. The molecule has 0 saturated heterocycles. The van der Waals surface area contributed by atoms with Gasteiger partial charge in [-0.15, -0.1) is 0 Å². The molecule has 0 aliphatic carbocycles. The maximum atomic E-state index is 11.3. The third-order valence-corrected chi connectivity index (χ3v) is 3.08. The number of hydrogen-bond donors (Lipinski definition) is 4. The fourth-order valence-corrected chi connectivity index (χ4v) is 1.61. The molecule has 0 heterocycles. The van der Waals surface area contributed by atoms with E-state index in [4.69, 9.17) is 29.2 Å². The summed E-state index contributed by atoms with van der Waals surface area (Å²) in [6.07, 6.45) is -3.81. The number of carboxylic acids is 1. The summed E-state index contributed by atoms with van der Waals surface area (Å²) in [6, 6.07) is 0. The predicted molar refractivity (Wildman–Crippen MR) is 91.2 cm³/mol. The fourth-order valence-electron chi connectivity index (χ4n) is 1.61. The summed E-state index contributed by atoms with van der Waals surface area (Å²) in [4.78, 5) is 32.4. The molecule has 2 atom stereocenters. The number of amides is 1. The smallest absolute Gasteiger partial charge is 0.335 e. The molecule has 27 heavy (non-hydrogen) atoms. The zero-order chi connectivity index (χ0) is 20.5. The van der Waals surface area contributed by atoms with E-state index >= 15 is 0 Å². The molecular formula is C16H29NO10. The van der Waals surface area contributed by atoms with Crippen LogP contribution in [0, 0.1) is 0 Å². The van der Waals surface area contributed by atoms with Gasteiger partial charge in [0.2, 0.25) is 0 Å². The van der Waals surface area contributed by atoms with Gasteiger partial charge in [0, 0.05) is 13.0 Å². The van der Waals surface area contributed by atoms with Gasteiger partial charge in [-0.1, -0.05) is 0 Å². The van der Waals surface area contributed by atoms with Crippen LogP contribution < -0.4 is 5.32 Å². The lowest BCUT2D eigenvalue weighted by Gasteiger charge is -2.14. The first-order valence-electron chi connectivity index (χ1n) is 8.53. The number of hydrogen-bond acceptors (Lipinski definition) is 9. The minimum atomic E-state index is -2.17. The number of ether oxygens (including phenoxy) is 4. The zero-order valence-electron chi connectivity index (χ0n) is 15.4. The summed E-state index contributed by atoms with van der Waals surface area (Å²) in [5.41, 5.74) is 0. The van der Waals surface area contributed by atoms with Crippen LogP contribution in [0.5, 0.6) is 0 Å². The molecule has 0 radical (unpaired) electrons. The highest BCUT2D eigenvalue weighted by Crippen LogP contribution is 1.93. The van der Waals surface area contributed by atoms with Crippen molar-refractivity contribution in [2.45, 2.75) is 25.6 Å². The molecule has 0 fully saturated rings. The Hall–Kier alpha value is -1.63. The van der Waals surface area contributed by atoms with Gasteiger partial charge in [0.05, 0.1) is 52.9 Å². The van der Waals surface area contributed by atoms with Crippen molar-refractivity contribution in [3.8, 4) is 0 Å². The molecule has 0 aromatic carbocycles. The van der Waals surface area contributed by atoms with E-state index in [0.29, 0.717) is 46.1 Å². The van der Waals surface area contributed by atoms with Crippen molar-refractivity contribution in [2.24, 2.45) is 0 Å². The number of Topliss-reactive ketones (excluding diaryl/α,β-unsaturated/α-hetero) is 1. The van der Waals surface area contributed by atoms with Gasteiger partial charge in [0.1, 0.15) is 5.78 Å². The van der Waals surface area contributed by atoms with Gasteiger partial charge in [-0.2, -0.15) is 0 Å². The summed E-state index contributed by atoms with van der Waals surface area (Å²) >= 11 is 0. The third kappa shape index (κ3) is 15.2. The second-order valence-corrected chi connectivity index (χ2v) is 5.42. The Labute approximate surface area is 157 Å². The minimum absolute atomic E-state index is 0.0506. The van der Waals surface area contributed by atoms with Crippen molar-refractivity contribution >= 4 is 17.7 Å². The van der Waals surface area contributed by atoms with Gasteiger partial charge >= 0.3 is 5.97 Å². The van der Waals surface area contributed by atoms with Gasteiger partial charge < -0.3 is 39.6 Å². The number of carboxylic acid groups (broad SMARTS) is 1. The van der Waals surface area contributed by atoms with Crippen LogP contribution in [0.3, 0.4) is 0 Å². The standard InChI is InChI=1S/C16H29NO10/c1-12(18)2-4-24-6-8-26-10-11-27-9-7-25-5-3-17-15(21)13(19)14(20)16(22)23/h13-14,19-20H,2-11H2,1H3,(H,17,21)(H,22,23). The van der Waals surface area contributed by atoms with Crippen molar-refractivity contribution in [3.63, 3.8) is 0 Å². The van der Waals surface area contributed by atoms with Gasteiger partial charge in [0.25, 0.3) is 5.91 Å². The zero-order valence-corrected chi connectivity index (χ0v) is 15.4. The second kappa shape index (κ2) is 16.5. The van der Waals surface area contributed by atoms with Gasteiger partial charge in [-0.3, -0.25) is 9.59 Å². The predicted octanol–water partition coefficient (Wildman–Crippen LogP) is -2.05. The van der Waals surface area contributed by atoms with E-state index in [1.807, 2.05) is 0 Å². The van der Waals surface area contributed by atoms with Gasteiger partial charge in [0.15, 0.2) is 12.2 Å². The van der Waals surface area contributed by atoms with E-state index in [1.165, 1.54) is 6.92 Å². The van der Waals surface area contributed by atoms with Crippen LogP contribution in [0.15, 0.2) is 0 Å². The number of nitrogens with one attached hydrogen (secondary N) is 1. The third-order valence-electron chi connectivity index (χ3n) is 3.08. The van der Waals surface area contributed by atoms with Crippen molar-refractivity contribution in [1.29, 1.82) is 0 Å². The van der Waals surface area contributed by atoms with Crippen LogP contribution in [0.4, 0.5) is 0 Å². The normalized spacial score (nSPS) is 13.1. The molecule has 2 unspecified atom stereocenters. The lowest BCUT2D eigenvalue weighted by Crippen LogP contribution is -2.46. The maximum Gasteiger partial charge on any atom is 0.335 e. The summed E-state index contributed by atoms with van der Waals surface area (Å²) in [7, 11) is 0. The Morgan fingerprint density at radius 1 is 0.778 bits per heavy atom. The highest BCUT2D eigenvalue weighted by molar-refractivity contribution is 5.87.